The molecule has 0 unspecified atom stereocenters. The molecule has 3 aromatic carbocycles. The molecule has 0 bridgehead atoms. The van der Waals surface area contributed by atoms with Gasteiger partial charge in [0.05, 0.1) is 0 Å². The molecule has 3 aromatic rings. The lowest BCUT2D eigenvalue weighted by atomic mass is 10.0. The van der Waals surface area contributed by atoms with Crippen molar-refractivity contribution in [1.82, 2.24) is 10.2 Å². The van der Waals surface area contributed by atoms with Gasteiger partial charge in [0, 0.05) is 57.2 Å². The lowest BCUT2D eigenvalue weighted by Gasteiger charge is -2.32. The number of benzene rings is 3. The van der Waals surface area contributed by atoms with Gasteiger partial charge in [-0.25, -0.2) is 0 Å². The highest BCUT2D eigenvalue weighted by Gasteiger charge is 2.31. The fourth-order valence-electron chi connectivity index (χ4n) is 3.70. The van der Waals surface area contributed by atoms with Crippen LogP contribution in [0.15, 0.2) is 77.7 Å². The van der Waals surface area contributed by atoms with E-state index in [1.807, 2.05) is 61.5 Å². The van der Waals surface area contributed by atoms with Crippen LogP contribution in [-0.2, 0) is 22.6 Å². The third-order valence-corrected chi connectivity index (χ3v) is 7.58. The number of amides is 2. The molecule has 0 saturated carbocycles. The Bertz CT molecular complexity index is 1120. The number of carbonyl (C=O) groups is 2. The third-order valence-electron chi connectivity index (χ3n) is 5.61. The minimum atomic E-state index is -0.709. The fourth-order valence-corrected chi connectivity index (χ4v) is 5.19. The lowest BCUT2D eigenvalue weighted by molar-refractivity contribution is -0.141. The van der Waals surface area contributed by atoms with Crippen molar-refractivity contribution in [3.63, 3.8) is 0 Å². The summed E-state index contributed by atoms with van der Waals surface area (Å²) in [5.41, 5.74) is 1.59. The molecular formula is C28H29Cl3N2O2S. The first kappa shape index (κ1) is 28.4. The second-order valence-corrected chi connectivity index (χ2v) is 10.7. The summed E-state index contributed by atoms with van der Waals surface area (Å²) >= 11 is 20.5. The molecule has 0 aliphatic heterocycles. The third kappa shape index (κ3) is 8.45. The van der Waals surface area contributed by atoms with Crippen molar-refractivity contribution in [2.24, 2.45) is 0 Å². The highest BCUT2D eigenvalue weighted by atomic mass is 35.5. The van der Waals surface area contributed by atoms with Gasteiger partial charge in [-0.1, -0.05) is 78.1 Å². The summed E-state index contributed by atoms with van der Waals surface area (Å²) in [6.45, 7) is 2.67. The van der Waals surface area contributed by atoms with Gasteiger partial charge in [0.2, 0.25) is 11.8 Å². The molecule has 0 aromatic heterocycles. The van der Waals surface area contributed by atoms with Gasteiger partial charge < -0.3 is 10.2 Å². The zero-order chi connectivity index (χ0) is 25.9. The first-order valence-electron chi connectivity index (χ1n) is 11.8. The largest absolute Gasteiger partial charge is 0.354 e. The lowest BCUT2D eigenvalue weighted by Crippen LogP contribution is -2.50. The van der Waals surface area contributed by atoms with E-state index >= 15 is 0 Å². The minimum absolute atomic E-state index is 0.139. The van der Waals surface area contributed by atoms with Crippen molar-refractivity contribution in [1.29, 1.82) is 0 Å². The van der Waals surface area contributed by atoms with Crippen molar-refractivity contribution >= 4 is 58.4 Å². The summed E-state index contributed by atoms with van der Waals surface area (Å²) in [7, 11) is 0. The Kier molecular flexibility index (Phi) is 11.5. The molecule has 8 heteroatoms. The van der Waals surface area contributed by atoms with E-state index in [9.17, 15) is 9.59 Å². The van der Waals surface area contributed by atoms with E-state index in [-0.39, 0.29) is 24.8 Å². The van der Waals surface area contributed by atoms with E-state index < -0.39 is 6.04 Å². The summed E-state index contributed by atoms with van der Waals surface area (Å²) in [5, 5.41) is 4.56. The van der Waals surface area contributed by atoms with Crippen LogP contribution in [0.25, 0.3) is 0 Å². The van der Waals surface area contributed by atoms with Crippen molar-refractivity contribution in [2.75, 3.05) is 12.3 Å². The van der Waals surface area contributed by atoms with E-state index in [2.05, 4.69) is 5.32 Å². The van der Waals surface area contributed by atoms with Crippen LogP contribution in [-0.4, -0.2) is 35.1 Å². The standard InChI is InChI=1S/C28H29Cl3N2O2S/c1-2-16-32-28(35)26(18-20-7-4-3-5-8-20)33(19-23-24(30)9-6-10-25(23)31)27(34)15-17-36-22-13-11-21(29)12-14-22/h3-14,26H,2,15-19H2,1H3,(H,32,35)/t26-/m0/s1. The van der Waals surface area contributed by atoms with Crippen LogP contribution < -0.4 is 5.32 Å². The summed E-state index contributed by atoms with van der Waals surface area (Å²) in [4.78, 5) is 29.6. The zero-order valence-corrected chi connectivity index (χ0v) is 23.1. The summed E-state index contributed by atoms with van der Waals surface area (Å²) in [5.74, 6) is 0.226. The minimum Gasteiger partial charge on any atom is -0.354 e. The molecule has 1 atom stereocenters. The number of rotatable bonds is 12. The summed E-state index contributed by atoms with van der Waals surface area (Å²) < 4.78 is 0. The van der Waals surface area contributed by atoms with Crippen LogP contribution in [0.3, 0.4) is 0 Å². The maximum absolute atomic E-state index is 13.6. The number of hydrogen-bond acceptors (Lipinski definition) is 3. The average Bonchev–Trinajstić information content (AvgIpc) is 2.88. The Morgan fingerprint density at radius 3 is 2.22 bits per heavy atom. The van der Waals surface area contributed by atoms with Crippen LogP contribution in [0.4, 0.5) is 0 Å². The predicted octanol–water partition coefficient (Wildman–Crippen LogP) is 7.30. The van der Waals surface area contributed by atoms with Gasteiger partial charge in [-0.2, -0.15) is 0 Å². The summed E-state index contributed by atoms with van der Waals surface area (Å²) in [6.07, 6.45) is 1.43. The molecule has 0 aliphatic carbocycles. The molecule has 190 valence electrons. The molecule has 0 fully saturated rings. The number of hydrogen-bond donors (Lipinski definition) is 1. The van der Waals surface area contributed by atoms with Crippen molar-refractivity contribution < 1.29 is 9.59 Å². The highest BCUT2D eigenvalue weighted by molar-refractivity contribution is 7.99. The maximum atomic E-state index is 13.6. The monoisotopic (exact) mass is 562 g/mol. The Balaban J connectivity index is 1.87. The molecule has 2 amide bonds. The molecule has 0 aliphatic rings. The molecule has 0 heterocycles. The molecule has 0 saturated heterocycles. The van der Waals surface area contributed by atoms with Crippen LogP contribution >= 0.6 is 46.6 Å². The molecule has 3 rings (SSSR count). The molecule has 36 heavy (non-hydrogen) atoms. The van der Waals surface area contributed by atoms with E-state index in [0.717, 1.165) is 16.9 Å². The normalized spacial score (nSPS) is 11.7. The number of nitrogens with one attached hydrogen (secondary N) is 1. The number of thioether (sulfide) groups is 1. The zero-order valence-electron chi connectivity index (χ0n) is 20.1. The highest BCUT2D eigenvalue weighted by Crippen LogP contribution is 2.28. The molecule has 4 nitrogen and oxygen atoms in total. The first-order valence-corrected chi connectivity index (χ1v) is 13.9. The average molecular weight is 564 g/mol. The summed E-state index contributed by atoms with van der Waals surface area (Å²) in [6, 6.07) is 21.7. The van der Waals surface area contributed by atoms with Crippen LogP contribution in [0.2, 0.25) is 15.1 Å². The van der Waals surface area contributed by atoms with E-state index in [4.69, 9.17) is 34.8 Å². The first-order chi connectivity index (χ1) is 17.4. The predicted molar refractivity (Wildman–Crippen MR) is 151 cm³/mol. The van der Waals surface area contributed by atoms with Crippen LogP contribution in [0.1, 0.15) is 30.9 Å². The van der Waals surface area contributed by atoms with Gasteiger partial charge in [0.25, 0.3) is 0 Å². The Morgan fingerprint density at radius 1 is 0.917 bits per heavy atom. The van der Waals surface area contributed by atoms with Gasteiger partial charge >= 0.3 is 0 Å². The van der Waals surface area contributed by atoms with Crippen molar-refractivity contribution in [2.45, 2.75) is 43.7 Å². The van der Waals surface area contributed by atoms with Gasteiger partial charge in [-0.05, 0) is 48.4 Å². The van der Waals surface area contributed by atoms with Crippen LogP contribution in [0, 0.1) is 0 Å². The van der Waals surface area contributed by atoms with Crippen molar-refractivity contribution in [3.8, 4) is 0 Å². The second kappa shape index (κ2) is 14.5. The van der Waals surface area contributed by atoms with Crippen LogP contribution in [0.5, 0.6) is 0 Å². The molecule has 0 radical (unpaired) electrons. The topological polar surface area (TPSA) is 49.4 Å². The fraction of sp³-hybridized carbons (Fsp3) is 0.286. The molecule has 1 N–H and O–H groups in total. The second-order valence-electron chi connectivity index (χ2n) is 8.27. The number of nitrogens with zero attached hydrogens (tertiary/aromatic N) is 1. The van der Waals surface area contributed by atoms with E-state index in [1.165, 1.54) is 0 Å². The molecule has 0 spiro atoms. The SMILES string of the molecule is CCCNC(=O)[C@H](Cc1ccccc1)N(Cc1c(Cl)cccc1Cl)C(=O)CCSc1ccc(Cl)cc1. The smallest absolute Gasteiger partial charge is 0.243 e. The van der Waals surface area contributed by atoms with E-state index in [1.54, 1.807) is 34.9 Å². The van der Waals surface area contributed by atoms with Gasteiger partial charge in [0.1, 0.15) is 6.04 Å². The van der Waals surface area contributed by atoms with Gasteiger partial charge in [-0.15, -0.1) is 11.8 Å². The Hall–Kier alpha value is -2.18. The van der Waals surface area contributed by atoms with Gasteiger partial charge in [-0.3, -0.25) is 9.59 Å². The van der Waals surface area contributed by atoms with Gasteiger partial charge in [0.15, 0.2) is 0 Å². The number of halogens is 3. The Morgan fingerprint density at radius 2 is 1.58 bits per heavy atom. The maximum Gasteiger partial charge on any atom is 0.243 e. The van der Waals surface area contributed by atoms with Crippen molar-refractivity contribution in [3.05, 3.63) is 99.0 Å². The molecular weight excluding hydrogens is 535 g/mol. The van der Waals surface area contributed by atoms with E-state index in [0.29, 0.717) is 39.3 Å². The number of carbonyl (C=O) groups excluding carboxylic acids is 2. The Labute approximate surface area is 232 Å². The quantitative estimate of drug-likeness (QED) is 0.235.